The zero-order valence-electron chi connectivity index (χ0n) is 23.8. The molecular formula is C24H32N10O8. The number of aliphatic hydroxyl groups excluding tert-OH is 2. The van der Waals surface area contributed by atoms with Crippen molar-refractivity contribution in [2.75, 3.05) is 0 Å². The van der Waals surface area contributed by atoms with Crippen LogP contribution in [0, 0.1) is 5.92 Å². The topological polar surface area (TPSA) is 222 Å². The summed E-state index contributed by atoms with van der Waals surface area (Å²) < 4.78 is 25.4. The summed E-state index contributed by atoms with van der Waals surface area (Å²) in [5, 5.41) is 50.8. The molecule has 0 aliphatic carbocycles. The molecule has 0 radical (unpaired) electrons. The lowest BCUT2D eigenvalue weighted by atomic mass is 9.95. The average Bonchev–Trinajstić information content (AvgIpc) is 3.52. The monoisotopic (exact) mass is 588 g/mol. The maximum Gasteiger partial charge on any atom is 0.369 e. The molecule has 2 atom stereocenters. The van der Waals surface area contributed by atoms with E-state index in [0.717, 1.165) is 0 Å². The predicted molar refractivity (Wildman–Crippen MR) is 138 cm³/mol. The van der Waals surface area contributed by atoms with Gasteiger partial charge in [-0.1, -0.05) is 20.8 Å². The molecule has 2 aromatic heterocycles. The van der Waals surface area contributed by atoms with Crippen LogP contribution in [0.5, 0.6) is 0 Å². The quantitative estimate of drug-likeness (QED) is 0.205. The van der Waals surface area contributed by atoms with Crippen LogP contribution in [0.3, 0.4) is 0 Å². The molecule has 0 aromatic carbocycles. The van der Waals surface area contributed by atoms with E-state index >= 15 is 0 Å². The Bertz CT molecular complexity index is 1440. The highest BCUT2D eigenvalue weighted by Crippen LogP contribution is 2.38. The second kappa shape index (κ2) is 12.3. The molecule has 2 aliphatic heterocycles. The zero-order chi connectivity index (χ0) is 30.5. The van der Waals surface area contributed by atoms with Crippen LogP contribution in [0.1, 0.15) is 59.3 Å². The van der Waals surface area contributed by atoms with Gasteiger partial charge in [0.25, 0.3) is 34.9 Å². The summed E-state index contributed by atoms with van der Waals surface area (Å²) >= 11 is 0. The number of nitrogens with zero attached hydrogens (tertiary/aromatic N) is 10. The summed E-state index contributed by atoms with van der Waals surface area (Å²) in [7, 11) is 3.27. The number of aromatic nitrogens is 6. The number of ether oxygens (including phenoxy) is 4. The smallest absolute Gasteiger partial charge is 0.369 e. The van der Waals surface area contributed by atoms with Crippen LogP contribution in [-0.2, 0) is 42.6 Å². The minimum Gasteiger partial charge on any atom is -0.479 e. The predicted octanol–water partition coefficient (Wildman–Crippen LogP) is 3.82. The van der Waals surface area contributed by atoms with Gasteiger partial charge in [-0.3, -0.25) is 0 Å². The van der Waals surface area contributed by atoms with E-state index in [0.29, 0.717) is 12.8 Å². The van der Waals surface area contributed by atoms with Crippen molar-refractivity contribution in [3.63, 3.8) is 0 Å². The van der Waals surface area contributed by atoms with Crippen molar-refractivity contribution in [1.82, 2.24) is 29.5 Å². The Morgan fingerprint density at radius 2 is 1.24 bits per heavy atom. The lowest BCUT2D eigenvalue weighted by Crippen LogP contribution is -2.44. The van der Waals surface area contributed by atoms with E-state index in [2.05, 4.69) is 40.9 Å². The van der Waals surface area contributed by atoms with Crippen molar-refractivity contribution >= 4 is 23.8 Å². The van der Waals surface area contributed by atoms with Crippen LogP contribution >= 0.6 is 0 Å². The van der Waals surface area contributed by atoms with Gasteiger partial charge in [-0.05, 0) is 18.8 Å². The van der Waals surface area contributed by atoms with Crippen molar-refractivity contribution in [3.05, 3.63) is 35.9 Å². The van der Waals surface area contributed by atoms with Gasteiger partial charge in [-0.25, -0.2) is 9.59 Å². The van der Waals surface area contributed by atoms with Gasteiger partial charge in [-0.15, -0.1) is 40.9 Å². The third-order valence-corrected chi connectivity index (χ3v) is 6.39. The number of esters is 2. The Morgan fingerprint density at radius 3 is 1.64 bits per heavy atom. The molecule has 226 valence electrons. The van der Waals surface area contributed by atoms with E-state index in [1.807, 2.05) is 13.8 Å². The first-order valence-electron chi connectivity index (χ1n) is 13.2. The Kier molecular flexibility index (Phi) is 8.82. The first-order chi connectivity index (χ1) is 20.0. The van der Waals surface area contributed by atoms with Crippen LogP contribution < -0.4 is 0 Å². The number of cyclic esters (lactones) is 2. The molecule has 0 saturated carbocycles. The van der Waals surface area contributed by atoms with Gasteiger partial charge < -0.3 is 38.3 Å². The molecule has 2 unspecified atom stereocenters. The highest BCUT2D eigenvalue weighted by molar-refractivity contribution is 5.89. The van der Waals surface area contributed by atoms with Crippen LogP contribution in [0.2, 0.25) is 0 Å². The lowest BCUT2D eigenvalue weighted by Gasteiger charge is -2.38. The standard InChI is InChI=1S/C24H32N10O8/c1-6-23(39-17(35)15(18(36)40-23)27-31-21-29-25-12-33(21)4)9-7-8-10-24(11-14(2)3)41-19(37)16(20(38)42-24)28-32-22-30-26-13-34(22)5/h12-14,35,37H,6-11H2,1-5H3. The van der Waals surface area contributed by atoms with E-state index in [4.69, 9.17) is 18.9 Å². The Morgan fingerprint density at radius 1 is 0.786 bits per heavy atom. The molecule has 0 amide bonds. The first kappa shape index (κ1) is 30.1. The molecule has 2 N–H and O–H groups in total. The van der Waals surface area contributed by atoms with Crippen molar-refractivity contribution in [2.24, 2.45) is 40.5 Å². The summed E-state index contributed by atoms with van der Waals surface area (Å²) in [6, 6.07) is 0. The van der Waals surface area contributed by atoms with Crippen molar-refractivity contribution < 1.29 is 38.7 Å². The molecule has 18 nitrogen and oxygen atoms in total. The summed E-state index contributed by atoms with van der Waals surface area (Å²) in [6.07, 6.45) is 4.51. The number of hydrogen-bond acceptors (Lipinski definition) is 16. The fraction of sp³-hybridized carbons (Fsp3) is 0.583. The fourth-order valence-electron chi connectivity index (χ4n) is 4.31. The van der Waals surface area contributed by atoms with E-state index in [-0.39, 0.29) is 43.5 Å². The minimum atomic E-state index is -1.46. The minimum absolute atomic E-state index is 0.0354. The maximum atomic E-state index is 12.8. The van der Waals surface area contributed by atoms with Gasteiger partial charge in [0.15, 0.2) is 0 Å². The Hall–Kier alpha value is -4.90. The van der Waals surface area contributed by atoms with E-state index in [1.165, 1.54) is 21.8 Å². The Balaban J connectivity index is 1.41. The number of unbranched alkanes of at least 4 members (excludes halogenated alkanes) is 1. The maximum absolute atomic E-state index is 12.8. The lowest BCUT2D eigenvalue weighted by molar-refractivity contribution is -0.252. The third kappa shape index (κ3) is 6.69. The van der Waals surface area contributed by atoms with Gasteiger partial charge >= 0.3 is 23.8 Å². The molecule has 42 heavy (non-hydrogen) atoms. The van der Waals surface area contributed by atoms with E-state index in [9.17, 15) is 19.8 Å². The summed E-state index contributed by atoms with van der Waals surface area (Å²) in [6.45, 7) is 5.57. The van der Waals surface area contributed by atoms with Gasteiger partial charge in [0.2, 0.25) is 0 Å². The second-order valence-corrected chi connectivity index (χ2v) is 10.2. The number of aliphatic hydroxyl groups is 2. The summed E-state index contributed by atoms with van der Waals surface area (Å²) in [4.78, 5) is 25.5. The number of carbonyl (C=O) groups is 2. The summed E-state index contributed by atoms with van der Waals surface area (Å²) in [5.74, 6) is -5.91. The fourth-order valence-corrected chi connectivity index (χ4v) is 4.31. The van der Waals surface area contributed by atoms with Crippen LogP contribution in [0.25, 0.3) is 0 Å². The van der Waals surface area contributed by atoms with E-state index < -0.39 is 46.8 Å². The van der Waals surface area contributed by atoms with Crippen LogP contribution in [0.4, 0.5) is 11.9 Å². The average molecular weight is 589 g/mol. The number of carbonyl (C=O) groups excluding carboxylic acids is 2. The third-order valence-electron chi connectivity index (χ3n) is 6.39. The number of azo groups is 2. The van der Waals surface area contributed by atoms with Crippen molar-refractivity contribution in [3.8, 4) is 0 Å². The van der Waals surface area contributed by atoms with Crippen LogP contribution in [-0.4, -0.2) is 63.3 Å². The largest absolute Gasteiger partial charge is 0.479 e. The number of hydrogen-bond donors (Lipinski definition) is 2. The number of rotatable bonds is 12. The first-order valence-corrected chi connectivity index (χ1v) is 13.2. The molecular weight excluding hydrogens is 556 g/mol. The van der Waals surface area contributed by atoms with Gasteiger partial charge in [0.1, 0.15) is 12.7 Å². The molecule has 0 fully saturated rings. The van der Waals surface area contributed by atoms with E-state index in [1.54, 1.807) is 21.0 Å². The highest BCUT2D eigenvalue weighted by Gasteiger charge is 2.46. The second-order valence-electron chi connectivity index (χ2n) is 10.2. The normalized spacial score (nSPS) is 23.1. The molecule has 4 rings (SSSR count). The number of aryl methyl sites for hydroxylation is 2. The highest BCUT2D eigenvalue weighted by atomic mass is 16.8. The summed E-state index contributed by atoms with van der Waals surface area (Å²) in [5.41, 5.74) is -1.01. The van der Waals surface area contributed by atoms with Gasteiger partial charge in [-0.2, -0.15) is 0 Å². The SMILES string of the molecule is CCC1(CCCCC2(CC(C)C)OC(=O)C(N=Nc3nncn3C)=C(O)O2)OC(=O)C(N=Nc2nncn2C)=C(O)O1. The molecule has 0 saturated heterocycles. The molecule has 18 heteroatoms. The molecule has 2 aromatic rings. The van der Waals surface area contributed by atoms with Gasteiger partial charge in [0.05, 0.1) is 0 Å². The molecule has 0 spiro atoms. The van der Waals surface area contributed by atoms with Crippen LogP contribution in [0.15, 0.2) is 56.4 Å². The molecule has 0 bridgehead atoms. The molecule has 4 heterocycles. The van der Waals surface area contributed by atoms with Crippen molar-refractivity contribution in [2.45, 2.75) is 70.9 Å². The van der Waals surface area contributed by atoms with Crippen molar-refractivity contribution in [1.29, 1.82) is 0 Å². The zero-order valence-corrected chi connectivity index (χ0v) is 23.8. The molecule has 2 aliphatic rings. The Labute approximate surface area is 239 Å². The van der Waals surface area contributed by atoms with Gasteiger partial charge in [0, 0.05) is 39.8 Å².